The molecule has 2 aromatic heterocycles. The van der Waals surface area contributed by atoms with E-state index < -0.39 is 5.41 Å². The highest BCUT2D eigenvalue weighted by Gasteiger charge is 2.40. The van der Waals surface area contributed by atoms with E-state index in [1.54, 1.807) is 4.68 Å². The zero-order chi connectivity index (χ0) is 26.0. The number of rotatable bonds is 5. The number of urea groups is 1. The Labute approximate surface area is 226 Å². The van der Waals surface area contributed by atoms with Gasteiger partial charge in [0.15, 0.2) is 0 Å². The predicted octanol–water partition coefficient (Wildman–Crippen LogP) is 4.42. The number of aliphatic hydroxyl groups excluding tert-OH is 1. The standard InChI is InChI=1S/C26H36ClN5O4S/c1-26(8-4-19(33)5-9-26)24(34)32-23(28-17-20-2-3-22(27)37-20)16-21(29-32)18-6-10-30(11-7-18)25(35)31-12-14-36-15-13-31/h2-3,16,18-19,28,33H,4-15,17H2,1H3. The molecule has 37 heavy (non-hydrogen) atoms. The molecule has 2 aromatic rings. The van der Waals surface area contributed by atoms with Crippen molar-refractivity contribution in [2.24, 2.45) is 5.41 Å². The maximum Gasteiger partial charge on any atom is 0.320 e. The van der Waals surface area contributed by atoms with E-state index in [9.17, 15) is 14.7 Å². The minimum absolute atomic E-state index is 0.0303. The van der Waals surface area contributed by atoms with Crippen LogP contribution in [-0.4, -0.2) is 82.1 Å². The molecule has 0 atom stereocenters. The molecule has 11 heteroatoms. The lowest BCUT2D eigenvalue weighted by molar-refractivity contribution is 0.0410. The van der Waals surface area contributed by atoms with Gasteiger partial charge in [-0.15, -0.1) is 11.3 Å². The summed E-state index contributed by atoms with van der Waals surface area (Å²) in [4.78, 5) is 31.5. The number of amides is 2. The van der Waals surface area contributed by atoms with Gasteiger partial charge in [-0.2, -0.15) is 9.78 Å². The van der Waals surface area contributed by atoms with Crippen LogP contribution >= 0.6 is 22.9 Å². The van der Waals surface area contributed by atoms with Gasteiger partial charge >= 0.3 is 6.03 Å². The minimum Gasteiger partial charge on any atom is -0.393 e. The number of morpholine rings is 1. The van der Waals surface area contributed by atoms with E-state index in [4.69, 9.17) is 21.4 Å². The Morgan fingerprint density at radius 3 is 2.46 bits per heavy atom. The lowest BCUT2D eigenvalue weighted by Gasteiger charge is -2.36. The number of ether oxygens (including phenoxy) is 1. The summed E-state index contributed by atoms with van der Waals surface area (Å²) in [5.74, 6) is 0.835. The number of carbonyl (C=O) groups is 2. The highest BCUT2D eigenvalue weighted by Crippen LogP contribution is 2.39. The van der Waals surface area contributed by atoms with Crippen molar-refractivity contribution in [2.75, 3.05) is 44.7 Å². The van der Waals surface area contributed by atoms with Crippen LogP contribution in [0.5, 0.6) is 0 Å². The molecule has 4 heterocycles. The predicted molar refractivity (Wildman–Crippen MR) is 143 cm³/mol. The molecular weight excluding hydrogens is 514 g/mol. The Hall–Kier alpha value is -2.14. The molecule has 0 aromatic carbocycles. The first-order valence-electron chi connectivity index (χ1n) is 13.2. The topological polar surface area (TPSA) is 99.9 Å². The van der Waals surface area contributed by atoms with Gasteiger partial charge in [0.1, 0.15) is 5.82 Å². The smallest absolute Gasteiger partial charge is 0.320 e. The van der Waals surface area contributed by atoms with Crippen molar-refractivity contribution in [1.29, 1.82) is 0 Å². The number of halogens is 1. The van der Waals surface area contributed by atoms with E-state index in [2.05, 4.69) is 5.32 Å². The molecule has 0 radical (unpaired) electrons. The van der Waals surface area contributed by atoms with Crippen molar-refractivity contribution in [3.63, 3.8) is 0 Å². The van der Waals surface area contributed by atoms with Crippen molar-refractivity contribution in [3.05, 3.63) is 33.1 Å². The number of thiophene rings is 1. The maximum atomic E-state index is 13.8. The van der Waals surface area contributed by atoms with Crippen molar-refractivity contribution in [1.82, 2.24) is 19.6 Å². The number of nitrogens with zero attached hydrogens (tertiary/aromatic N) is 4. The molecule has 2 amide bonds. The molecule has 0 bridgehead atoms. The van der Waals surface area contributed by atoms with Crippen LogP contribution < -0.4 is 5.32 Å². The van der Waals surface area contributed by atoms with Crippen LogP contribution in [0.2, 0.25) is 4.34 Å². The van der Waals surface area contributed by atoms with E-state index in [0.717, 1.165) is 27.7 Å². The summed E-state index contributed by atoms with van der Waals surface area (Å²) in [6.07, 6.45) is 3.83. The van der Waals surface area contributed by atoms with Gasteiger partial charge in [0.05, 0.1) is 35.9 Å². The summed E-state index contributed by atoms with van der Waals surface area (Å²) >= 11 is 7.62. The first-order chi connectivity index (χ1) is 17.8. The number of anilines is 1. The third-order valence-electron chi connectivity index (χ3n) is 8.03. The summed E-state index contributed by atoms with van der Waals surface area (Å²) in [6.45, 7) is 6.37. The van der Waals surface area contributed by atoms with Crippen LogP contribution in [0.1, 0.15) is 66.7 Å². The number of likely N-dealkylation sites (tertiary alicyclic amines) is 1. The van der Waals surface area contributed by atoms with Crippen molar-refractivity contribution < 1.29 is 19.4 Å². The second-order valence-electron chi connectivity index (χ2n) is 10.7. The second-order valence-corrected chi connectivity index (χ2v) is 12.5. The first kappa shape index (κ1) is 26.5. The normalized spacial score (nSPS) is 25.3. The molecule has 2 saturated heterocycles. The molecule has 2 aliphatic heterocycles. The van der Waals surface area contributed by atoms with Gasteiger partial charge in [0, 0.05) is 48.5 Å². The van der Waals surface area contributed by atoms with Gasteiger partial charge in [0.25, 0.3) is 5.91 Å². The Kier molecular flexibility index (Phi) is 8.09. The van der Waals surface area contributed by atoms with Crippen molar-refractivity contribution in [3.8, 4) is 0 Å². The molecule has 2 N–H and O–H groups in total. The molecular formula is C26H36ClN5O4S. The maximum absolute atomic E-state index is 13.8. The van der Waals surface area contributed by atoms with Crippen LogP contribution in [0.15, 0.2) is 18.2 Å². The van der Waals surface area contributed by atoms with Gasteiger partial charge in [-0.25, -0.2) is 4.79 Å². The highest BCUT2D eigenvalue weighted by molar-refractivity contribution is 7.16. The Morgan fingerprint density at radius 2 is 1.81 bits per heavy atom. The largest absolute Gasteiger partial charge is 0.393 e. The average Bonchev–Trinajstić information content (AvgIpc) is 3.55. The summed E-state index contributed by atoms with van der Waals surface area (Å²) in [6, 6.07) is 5.94. The van der Waals surface area contributed by atoms with E-state index in [-0.39, 0.29) is 24.0 Å². The van der Waals surface area contributed by atoms with Crippen molar-refractivity contribution in [2.45, 2.75) is 64.0 Å². The summed E-state index contributed by atoms with van der Waals surface area (Å²) in [5, 5.41) is 18.2. The van der Waals surface area contributed by atoms with Gasteiger partial charge < -0.3 is 25.0 Å². The highest BCUT2D eigenvalue weighted by atomic mass is 35.5. The number of aromatic nitrogens is 2. The molecule has 0 unspecified atom stereocenters. The fourth-order valence-electron chi connectivity index (χ4n) is 5.53. The fraction of sp³-hybridized carbons (Fsp3) is 0.654. The zero-order valence-electron chi connectivity index (χ0n) is 21.3. The quantitative estimate of drug-likeness (QED) is 0.572. The Balaban J connectivity index is 1.30. The van der Waals surface area contributed by atoms with Gasteiger partial charge in [0.2, 0.25) is 0 Å². The van der Waals surface area contributed by atoms with Crippen molar-refractivity contribution >= 4 is 40.7 Å². The number of hydrogen-bond donors (Lipinski definition) is 2. The number of carbonyl (C=O) groups excluding carboxylic acids is 2. The lowest BCUT2D eigenvalue weighted by atomic mass is 9.74. The molecule has 1 saturated carbocycles. The summed E-state index contributed by atoms with van der Waals surface area (Å²) in [7, 11) is 0. The lowest BCUT2D eigenvalue weighted by Crippen LogP contribution is -2.50. The van der Waals surface area contributed by atoms with E-state index in [1.807, 2.05) is 34.9 Å². The van der Waals surface area contributed by atoms with Gasteiger partial charge in [-0.1, -0.05) is 18.5 Å². The molecule has 3 aliphatic rings. The van der Waals surface area contributed by atoms with Gasteiger partial charge in [-0.05, 0) is 50.7 Å². The van der Waals surface area contributed by atoms with E-state index in [1.165, 1.54) is 11.3 Å². The molecule has 9 nitrogen and oxygen atoms in total. The molecule has 202 valence electrons. The Bertz CT molecular complexity index is 1100. The van der Waals surface area contributed by atoms with E-state index in [0.29, 0.717) is 77.4 Å². The number of aliphatic hydroxyl groups is 1. The van der Waals surface area contributed by atoms with Crippen LogP contribution in [0.4, 0.5) is 10.6 Å². The molecule has 1 aliphatic carbocycles. The minimum atomic E-state index is -0.556. The SMILES string of the molecule is CC1(C(=O)n2nc(C3CCN(C(=O)N4CCOCC4)CC3)cc2NCc2ccc(Cl)s2)CCC(O)CC1. The first-order valence-corrected chi connectivity index (χ1v) is 14.4. The third-order valence-corrected chi connectivity index (χ3v) is 9.26. The Morgan fingerprint density at radius 1 is 1.14 bits per heavy atom. The monoisotopic (exact) mass is 549 g/mol. The molecule has 0 spiro atoms. The number of nitrogens with one attached hydrogen (secondary N) is 1. The van der Waals surface area contributed by atoms with E-state index >= 15 is 0 Å². The van der Waals surface area contributed by atoms with Crippen LogP contribution in [0.3, 0.4) is 0 Å². The number of hydrogen-bond acceptors (Lipinski definition) is 7. The van der Waals surface area contributed by atoms with Crippen LogP contribution in [0.25, 0.3) is 0 Å². The zero-order valence-corrected chi connectivity index (χ0v) is 22.9. The van der Waals surface area contributed by atoms with Gasteiger partial charge in [-0.3, -0.25) is 4.79 Å². The van der Waals surface area contributed by atoms with Crippen LogP contribution in [-0.2, 0) is 11.3 Å². The number of piperidine rings is 1. The average molecular weight is 550 g/mol. The summed E-state index contributed by atoms with van der Waals surface area (Å²) < 4.78 is 7.65. The fourth-order valence-corrected chi connectivity index (χ4v) is 6.56. The molecule has 3 fully saturated rings. The van der Waals surface area contributed by atoms with Crippen LogP contribution in [0, 0.1) is 5.41 Å². The second kappa shape index (κ2) is 11.3. The summed E-state index contributed by atoms with van der Waals surface area (Å²) in [5.41, 5.74) is 0.331. The third kappa shape index (κ3) is 5.97. The molecule has 5 rings (SSSR count).